The van der Waals surface area contributed by atoms with E-state index in [1.807, 2.05) is 38.1 Å². The van der Waals surface area contributed by atoms with Crippen molar-refractivity contribution in [1.82, 2.24) is 29.2 Å². The van der Waals surface area contributed by atoms with Crippen LogP contribution in [-0.2, 0) is 6.42 Å². The number of aromatic nitrogens is 5. The van der Waals surface area contributed by atoms with Gasteiger partial charge in [-0.3, -0.25) is 4.79 Å². The van der Waals surface area contributed by atoms with Gasteiger partial charge in [0.1, 0.15) is 11.5 Å². The predicted octanol–water partition coefficient (Wildman–Crippen LogP) is 3.81. The van der Waals surface area contributed by atoms with E-state index in [9.17, 15) is 9.90 Å². The van der Waals surface area contributed by atoms with E-state index in [1.165, 1.54) is 5.69 Å². The van der Waals surface area contributed by atoms with Gasteiger partial charge in [0.2, 0.25) is 5.95 Å². The summed E-state index contributed by atoms with van der Waals surface area (Å²) in [6.07, 6.45) is 5.03. The molecule has 1 saturated carbocycles. The van der Waals surface area contributed by atoms with Gasteiger partial charge in [0.05, 0.1) is 5.69 Å². The van der Waals surface area contributed by atoms with Gasteiger partial charge in [0.25, 0.3) is 5.56 Å². The van der Waals surface area contributed by atoms with Crippen LogP contribution in [0.15, 0.2) is 47.4 Å². The van der Waals surface area contributed by atoms with E-state index in [4.69, 9.17) is 9.97 Å². The van der Waals surface area contributed by atoms with Crippen molar-refractivity contribution in [3.8, 4) is 5.82 Å². The Morgan fingerprint density at radius 3 is 2.45 bits per heavy atom. The van der Waals surface area contributed by atoms with Gasteiger partial charge in [-0.2, -0.15) is 4.98 Å². The van der Waals surface area contributed by atoms with Gasteiger partial charge in [0.15, 0.2) is 11.5 Å². The SMILES string of the molecule is CC(C)n1c(=O)c2cnc(Nc3ccc(N4CCN(C)CC4)cc3)nc2n1-c1ccc2c(n1)C(O)C1(CC2)CC1. The fourth-order valence-corrected chi connectivity index (χ4v) is 6.25. The number of likely N-dealkylation sites (N-methyl/N-ethyl adjacent to an activating group) is 1. The van der Waals surface area contributed by atoms with E-state index >= 15 is 0 Å². The Bertz CT molecular complexity index is 1630. The number of aliphatic hydroxyl groups is 1. The number of anilines is 3. The molecule has 10 nitrogen and oxygen atoms in total. The van der Waals surface area contributed by atoms with Crippen molar-refractivity contribution >= 4 is 28.4 Å². The van der Waals surface area contributed by atoms with Crippen LogP contribution in [0.4, 0.5) is 17.3 Å². The van der Waals surface area contributed by atoms with Crippen molar-refractivity contribution < 1.29 is 5.11 Å². The highest BCUT2D eigenvalue weighted by Crippen LogP contribution is 2.60. The summed E-state index contributed by atoms with van der Waals surface area (Å²) >= 11 is 0. The minimum atomic E-state index is -0.571. The number of piperazine rings is 1. The molecule has 10 heteroatoms. The Morgan fingerprint density at radius 1 is 1.00 bits per heavy atom. The zero-order chi connectivity index (χ0) is 27.6. The largest absolute Gasteiger partial charge is 0.386 e. The average molecular weight is 541 g/mol. The van der Waals surface area contributed by atoms with Crippen LogP contribution in [0.2, 0.25) is 0 Å². The van der Waals surface area contributed by atoms with E-state index in [1.54, 1.807) is 15.6 Å². The zero-order valence-electron chi connectivity index (χ0n) is 23.3. The minimum absolute atomic E-state index is 0.0196. The van der Waals surface area contributed by atoms with Crippen molar-refractivity contribution in [2.24, 2.45) is 5.41 Å². The molecule has 0 radical (unpaired) electrons. The number of aryl methyl sites for hydroxylation is 1. The zero-order valence-corrected chi connectivity index (χ0v) is 23.3. The van der Waals surface area contributed by atoms with Crippen LogP contribution in [-0.4, -0.2) is 67.5 Å². The molecule has 1 aliphatic heterocycles. The van der Waals surface area contributed by atoms with Crippen molar-refractivity contribution in [3.05, 3.63) is 64.2 Å². The highest BCUT2D eigenvalue weighted by atomic mass is 16.3. The van der Waals surface area contributed by atoms with Gasteiger partial charge in [-0.25, -0.2) is 19.3 Å². The molecule has 3 aromatic heterocycles. The number of nitrogens with one attached hydrogen (secondary N) is 1. The molecule has 1 saturated heterocycles. The normalized spacial score (nSPS) is 20.3. The Balaban J connectivity index is 1.24. The van der Waals surface area contributed by atoms with Crippen LogP contribution in [0.5, 0.6) is 0 Å². The lowest BCUT2D eigenvalue weighted by molar-refractivity contribution is 0.0734. The predicted molar refractivity (Wildman–Crippen MR) is 156 cm³/mol. The Kier molecular flexibility index (Phi) is 5.94. The molecule has 40 heavy (non-hydrogen) atoms. The number of rotatable bonds is 5. The van der Waals surface area contributed by atoms with Crippen molar-refractivity contribution in [2.45, 2.75) is 51.7 Å². The maximum atomic E-state index is 13.5. The first-order valence-corrected chi connectivity index (χ1v) is 14.3. The number of benzene rings is 1. The van der Waals surface area contributed by atoms with Gasteiger partial charge >= 0.3 is 0 Å². The van der Waals surface area contributed by atoms with Crippen LogP contribution >= 0.6 is 0 Å². The third kappa shape index (κ3) is 4.17. The molecule has 1 atom stereocenters. The van der Waals surface area contributed by atoms with Crippen LogP contribution in [0.1, 0.15) is 56.5 Å². The first kappa shape index (κ1) is 25.2. The molecule has 2 fully saturated rings. The molecule has 1 aromatic carbocycles. The lowest BCUT2D eigenvalue weighted by Crippen LogP contribution is -2.44. The summed E-state index contributed by atoms with van der Waals surface area (Å²) in [5, 5.41) is 14.9. The molecule has 4 aromatic rings. The molecule has 0 amide bonds. The monoisotopic (exact) mass is 540 g/mol. The smallest absolute Gasteiger partial charge is 0.278 e. The fraction of sp³-hybridized carbons (Fsp3) is 0.467. The maximum Gasteiger partial charge on any atom is 0.278 e. The molecule has 4 heterocycles. The summed E-state index contributed by atoms with van der Waals surface area (Å²) < 4.78 is 3.46. The number of hydrogen-bond acceptors (Lipinski definition) is 8. The molecule has 2 N–H and O–H groups in total. The number of aliphatic hydroxyl groups excluding tert-OH is 1. The first-order chi connectivity index (χ1) is 19.3. The lowest BCUT2D eigenvalue weighted by atomic mass is 9.82. The summed E-state index contributed by atoms with van der Waals surface area (Å²) in [6, 6.07) is 12.2. The van der Waals surface area contributed by atoms with Gasteiger partial charge in [-0.1, -0.05) is 6.07 Å². The topological polar surface area (TPSA) is 104 Å². The van der Waals surface area contributed by atoms with Crippen molar-refractivity contribution in [3.63, 3.8) is 0 Å². The number of nitrogens with zero attached hydrogens (tertiary/aromatic N) is 7. The van der Waals surface area contributed by atoms with Crippen molar-refractivity contribution in [1.29, 1.82) is 0 Å². The molecule has 1 unspecified atom stereocenters. The van der Waals surface area contributed by atoms with E-state index in [0.29, 0.717) is 22.8 Å². The van der Waals surface area contributed by atoms with Crippen LogP contribution < -0.4 is 15.8 Å². The second kappa shape index (κ2) is 9.42. The lowest BCUT2D eigenvalue weighted by Gasteiger charge is -2.34. The molecule has 7 rings (SSSR count). The molecular weight excluding hydrogens is 504 g/mol. The third-order valence-electron chi connectivity index (χ3n) is 8.94. The molecule has 208 valence electrons. The molecule has 1 spiro atoms. The van der Waals surface area contributed by atoms with Crippen LogP contribution in [0.25, 0.3) is 16.9 Å². The maximum absolute atomic E-state index is 13.5. The summed E-state index contributed by atoms with van der Waals surface area (Å²) in [5.41, 5.74) is 4.20. The quantitative estimate of drug-likeness (QED) is 0.394. The average Bonchev–Trinajstić information content (AvgIpc) is 3.68. The standard InChI is InChI=1S/C30H36N8O2/c1-19(2)37-28(40)23-18-31-29(32-21-5-7-22(8-6-21)36-16-14-35(3)15-17-36)34-27(23)38(37)24-9-4-20-10-11-30(12-13-30)26(39)25(20)33-24/h4-9,18-19,26,39H,10-17H2,1-3H3,(H,31,32,34). The second-order valence-electron chi connectivity index (χ2n) is 11.9. The highest BCUT2D eigenvalue weighted by molar-refractivity contribution is 5.77. The van der Waals surface area contributed by atoms with Crippen molar-refractivity contribution in [2.75, 3.05) is 43.4 Å². The summed E-state index contributed by atoms with van der Waals surface area (Å²) in [7, 11) is 2.16. The van der Waals surface area contributed by atoms with Crippen LogP contribution in [0.3, 0.4) is 0 Å². The van der Waals surface area contributed by atoms with E-state index < -0.39 is 6.10 Å². The molecule has 0 bridgehead atoms. The number of fused-ring (bicyclic) bond motifs is 2. The molecule has 3 aliphatic rings. The second-order valence-corrected chi connectivity index (χ2v) is 11.9. The number of pyridine rings is 1. The van der Waals surface area contributed by atoms with Crippen LogP contribution in [0, 0.1) is 5.41 Å². The fourth-order valence-electron chi connectivity index (χ4n) is 6.25. The summed E-state index contributed by atoms with van der Waals surface area (Å²) in [5.74, 6) is 0.988. The summed E-state index contributed by atoms with van der Waals surface area (Å²) in [4.78, 5) is 32.4. The highest BCUT2D eigenvalue weighted by Gasteiger charge is 2.52. The van der Waals surface area contributed by atoms with E-state index in [2.05, 4.69) is 39.3 Å². The summed E-state index contributed by atoms with van der Waals surface area (Å²) in [6.45, 7) is 8.09. The third-order valence-corrected chi connectivity index (χ3v) is 8.94. The van der Waals surface area contributed by atoms with Gasteiger partial charge in [-0.15, -0.1) is 0 Å². The van der Waals surface area contributed by atoms with Gasteiger partial charge in [-0.05, 0) is 82.5 Å². The number of hydrogen-bond donors (Lipinski definition) is 2. The van der Waals surface area contributed by atoms with Gasteiger partial charge < -0.3 is 20.2 Å². The van der Waals surface area contributed by atoms with E-state index in [-0.39, 0.29) is 17.0 Å². The molecule has 2 aliphatic carbocycles. The Hall–Kier alpha value is -3.76. The molecular formula is C30H36N8O2. The Morgan fingerprint density at radius 2 is 1.75 bits per heavy atom. The van der Waals surface area contributed by atoms with E-state index in [0.717, 1.165) is 68.8 Å². The minimum Gasteiger partial charge on any atom is -0.386 e. The first-order valence-electron chi connectivity index (χ1n) is 14.3. The van der Waals surface area contributed by atoms with Gasteiger partial charge in [0, 0.05) is 55.2 Å². The Labute approximate surface area is 233 Å².